The van der Waals surface area contributed by atoms with Crippen LogP contribution in [0.25, 0.3) is 0 Å². The normalized spacial score (nSPS) is 20.3. The molecule has 0 saturated heterocycles. The van der Waals surface area contributed by atoms with Crippen LogP contribution in [0, 0.1) is 16.0 Å². The highest BCUT2D eigenvalue weighted by Gasteiger charge is 2.53. The van der Waals surface area contributed by atoms with Gasteiger partial charge in [0, 0.05) is 48.7 Å². The zero-order valence-electron chi connectivity index (χ0n) is 28.1. The van der Waals surface area contributed by atoms with E-state index in [4.69, 9.17) is 0 Å². The summed E-state index contributed by atoms with van der Waals surface area (Å²) in [6.45, 7) is 1.92. The van der Waals surface area contributed by atoms with Crippen LogP contribution in [-0.4, -0.2) is 50.4 Å². The molecule has 0 unspecified atom stereocenters. The molecule has 0 bridgehead atoms. The zero-order valence-corrected chi connectivity index (χ0v) is 28.1. The standard InChI is InChI=1S/C40H38N4O7/c1-26(7-6-12-37(46)41-24-30-10-3-2-9-29(30)21-33(41)25-45)40(49)34-22-32(44(50)51)18-19-36(34)42(39(40)48)23-27-13-16-31(17-14-27)43-35-11-5-4-8-28(35)15-20-38(43)47/h2-11,13-14,16-19,22,26,33,45,49H,12,15,20-21,23-25H2,1H3/b7-6+/t26-,33+,40+/m1/s1. The van der Waals surface area contributed by atoms with Gasteiger partial charge in [-0.15, -0.1) is 0 Å². The topological polar surface area (TPSA) is 145 Å². The van der Waals surface area contributed by atoms with E-state index in [2.05, 4.69) is 0 Å². The number of nitrogens with zero attached hydrogens (tertiary/aromatic N) is 4. The van der Waals surface area contributed by atoms with Gasteiger partial charge in [0.05, 0.1) is 35.5 Å². The van der Waals surface area contributed by atoms with Gasteiger partial charge in [-0.25, -0.2) is 0 Å². The Kier molecular flexibility index (Phi) is 9.01. The quantitative estimate of drug-likeness (QED) is 0.135. The average Bonchev–Trinajstić information content (AvgIpc) is 3.36. The Morgan fingerprint density at radius 3 is 2.39 bits per heavy atom. The first-order valence-electron chi connectivity index (χ1n) is 17.1. The van der Waals surface area contributed by atoms with Gasteiger partial charge in [0.1, 0.15) is 0 Å². The third kappa shape index (κ3) is 6.08. The second kappa shape index (κ2) is 13.6. The summed E-state index contributed by atoms with van der Waals surface area (Å²) in [4.78, 5) is 56.4. The number of hydrogen-bond donors (Lipinski definition) is 2. The number of aliphatic hydroxyl groups is 2. The molecule has 2 N–H and O–H groups in total. The fraction of sp³-hybridized carbons (Fsp3) is 0.275. The predicted molar refractivity (Wildman–Crippen MR) is 191 cm³/mol. The summed E-state index contributed by atoms with van der Waals surface area (Å²) < 4.78 is 0. The van der Waals surface area contributed by atoms with Gasteiger partial charge >= 0.3 is 0 Å². The number of rotatable bonds is 9. The molecule has 3 heterocycles. The van der Waals surface area contributed by atoms with E-state index in [9.17, 15) is 34.7 Å². The van der Waals surface area contributed by atoms with E-state index >= 15 is 0 Å². The monoisotopic (exact) mass is 686 g/mol. The molecule has 0 fully saturated rings. The Labute approximate surface area is 295 Å². The number of para-hydroxylation sites is 1. The minimum atomic E-state index is -2.14. The van der Waals surface area contributed by atoms with Gasteiger partial charge in [0.15, 0.2) is 5.60 Å². The van der Waals surface area contributed by atoms with Crippen LogP contribution in [-0.2, 0) is 45.9 Å². The number of carbonyl (C=O) groups excluding carboxylic acids is 3. The van der Waals surface area contributed by atoms with E-state index in [0.29, 0.717) is 37.2 Å². The molecule has 0 saturated carbocycles. The third-order valence-electron chi connectivity index (χ3n) is 10.4. The van der Waals surface area contributed by atoms with Gasteiger partial charge < -0.3 is 20.0 Å². The number of nitro groups is 1. The lowest BCUT2D eigenvalue weighted by atomic mass is 9.82. The average molecular weight is 687 g/mol. The van der Waals surface area contributed by atoms with Gasteiger partial charge in [0.2, 0.25) is 11.8 Å². The van der Waals surface area contributed by atoms with Crippen LogP contribution in [0.3, 0.4) is 0 Å². The molecule has 3 aliphatic heterocycles. The lowest BCUT2D eigenvalue weighted by Gasteiger charge is -2.36. The number of aliphatic hydroxyl groups excluding tert-OH is 1. The van der Waals surface area contributed by atoms with Crippen LogP contribution < -0.4 is 9.80 Å². The summed E-state index contributed by atoms with van der Waals surface area (Å²) in [5.41, 5.74) is 3.56. The minimum Gasteiger partial charge on any atom is -0.394 e. The number of anilines is 3. The van der Waals surface area contributed by atoms with Crippen molar-refractivity contribution in [2.75, 3.05) is 16.4 Å². The highest BCUT2D eigenvalue weighted by molar-refractivity contribution is 6.07. The summed E-state index contributed by atoms with van der Waals surface area (Å²) >= 11 is 0. The van der Waals surface area contributed by atoms with Crippen molar-refractivity contribution >= 4 is 40.5 Å². The van der Waals surface area contributed by atoms with E-state index in [1.54, 1.807) is 28.9 Å². The maximum Gasteiger partial charge on any atom is 0.269 e. The molecular formula is C40H38N4O7. The number of nitro benzene ring substituents is 1. The van der Waals surface area contributed by atoms with Crippen molar-refractivity contribution in [1.82, 2.24) is 4.90 Å². The molecule has 3 amide bonds. The molecule has 11 nitrogen and oxygen atoms in total. The van der Waals surface area contributed by atoms with Crippen LogP contribution in [0.15, 0.2) is 103 Å². The summed E-state index contributed by atoms with van der Waals surface area (Å²) in [6, 6.07) is 26.6. The van der Waals surface area contributed by atoms with E-state index in [0.717, 1.165) is 27.9 Å². The minimum absolute atomic E-state index is 0.00465. The van der Waals surface area contributed by atoms with Crippen molar-refractivity contribution in [3.8, 4) is 0 Å². The summed E-state index contributed by atoms with van der Waals surface area (Å²) in [5.74, 6) is -1.70. The Balaban J connectivity index is 1.11. The van der Waals surface area contributed by atoms with Crippen LogP contribution in [0.1, 0.15) is 47.6 Å². The molecule has 4 aromatic carbocycles. The molecular weight excluding hydrogens is 648 g/mol. The van der Waals surface area contributed by atoms with Crippen LogP contribution in [0.4, 0.5) is 22.7 Å². The number of benzene rings is 4. The Bertz CT molecular complexity index is 2060. The molecule has 51 heavy (non-hydrogen) atoms. The van der Waals surface area contributed by atoms with Gasteiger partial charge in [-0.2, -0.15) is 0 Å². The largest absolute Gasteiger partial charge is 0.394 e. The molecule has 260 valence electrons. The molecule has 0 aliphatic carbocycles. The Hall–Kier alpha value is -5.65. The zero-order chi connectivity index (χ0) is 35.9. The third-order valence-corrected chi connectivity index (χ3v) is 10.4. The highest BCUT2D eigenvalue weighted by atomic mass is 16.6. The Morgan fingerprint density at radius 1 is 0.961 bits per heavy atom. The number of carbonyl (C=O) groups is 3. The fourth-order valence-electron chi connectivity index (χ4n) is 7.52. The summed E-state index contributed by atoms with van der Waals surface area (Å²) in [5, 5.41) is 33.9. The van der Waals surface area contributed by atoms with Crippen LogP contribution in [0.2, 0.25) is 0 Å². The molecule has 0 spiro atoms. The summed E-state index contributed by atoms with van der Waals surface area (Å²) in [7, 11) is 0. The maximum absolute atomic E-state index is 14.2. The number of fused-ring (bicyclic) bond motifs is 3. The summed E-state index contributed by atoms with van der Waals surface area (Å²) in [6.07, 6.45) is 4.81. The first-order valence-corrected chi connectivity index (χ1v) is 17.1. The van der Waals surface area contributed by atoms with Crippen LogP contribution >= 0.6 is 0 Å². The van der Waals surface area contributed by atoms with E-state index < -0.39 is 22.3 Å². The molecule has 7 rings (SSSR count). The van der Waals surface area contributed by atoms with E-state index in [1.807, 2.05) is 72.8 Å². The van der Waals surface area contributed by atoms with Gasteiger partial charge in [-0.3, -0.25) is 29.4 Å². The lowest BCUT2D eigenvalue weighted by molar-refractivity contribution is -0.385. The van der Waals surface area contributed by atoms with Gasteiger partial charge in [-0.1, -0.05) is 73.7 Å². The molecule has 0 aromatic heterocycles. The molecule has 0 radical (unpaired) electrons. The van der Waals surface area contributed by atoms with Crippen molar-refractivity contribution in [3.05, 3.63) is 141 Å². The van der Waals surface area contributed by atoms with E-state index in [1.165, 1.54) is 23.1 Å². The fourth-order valence-corrected chi connectivity index (χ4v) is 7.52. The second-order valence-corrected chi connectivity index (χ2v) is 13.4. The van der Waals surface area contributed by atoms with Crippen molar-refractivity contribution < 1.29 is 29.5 Å². The molecule has 3 atom stereocenters. The maximum atomic E-state index is 14.2. The molecule has 4 aromatic rings. The number of aryl methyl sites for hydroxylation is 1. The molecule has 3 aliphatic rings. The predicted octanol–water partition coefficient (Wildman–Crippen LogP) is 5.47. The SMILES string of the molecule is C[C@H](/C=C/CC(=O)N1Cc2ccccc2C[C@H]1CO)[C@@]1(O)C(=O)N(Cc2ccc(N3C(=O)CCc4ccccc43)cc2)c2ccc([N+](=O)[O-])cc21. The Morgan fingerprint density at radius 2 is 1.67 bits per heavy atom. The van der Waals surface area contributed by atoms with Crippen molar-refractivity contribution in [2.45, 2.75) is 57.3 Å². The van der Waals surface area contributed by atoms with Gasteiger partial charge in [0.25, 0.3) is 11.6 Å². The number of amides is 3. The smallest absolute Gasteiger partial charge is 0.269 e. The van der Waals surface area contributed by atoms with Crippen molar-refractivity contribution in [1.29, 1.82) is 0 Å². The van der Waals surface area contributed by atoms with Gasteiger partial charge in [-0.05, 0) is 59.4 Å². The number of hydrogen-bond acceptors (Lipinski definition) is 7. The number of non-ortho nitro benzene ring substituents is 1. The lowest BCUT2D eigenvalue weighted by Crippen LogP contribution is -2.46. The first-order chi connectivity index (χ1) is 24.6. The molecule has 11 heteroatoms. The second-order valence-electron chi connectivity index (χ2n) is 13.4. The first kappa shape index (κ1) is 33.8. The van der Waals surface area contributed by atoms with E-state index in [-0.39, 0.29) is 48.7 Å². The highest BCUT2D eigenvalue weighted by Crippen LogP contribution is 2.47. The van der Waals surface area contributed by atoms with Crippen molar-refractivity contribution in [2.24, 2.45) is 5.92 Å². The van der Waals surface area contributed by atoms with Crippen LogP contribution in [0.5, 0.6) is 0 Å². The van der Waals surface area contributed by atoms with Crippen molar-refractivity contribution in [3.63, 3.8) is 0 Å².